The summed E-state index contributed by atoms with van der Waals surface area (Å²) in [6.07, 6.45) is 0. The maximum absolute atomic E-state index is 6.03. The smallest absolute Gasteiger partial charge is 0.0724 e. The second-order valence-corrected chi connectivity index (χ2v) is 5.35. The summed E-state index contributed by atoms with van der Waals surface area (Å²) in [5.41, 5.74) is 5.58. The van der Waals surface area contributed by atoms with Crippen molar-refractivity contribution in [2.75, 3.05) is 0 Å². The Balaban J connectivity index is 2.19. The summed E-state index contributed by atoms with van der Waals surface area (Å²) >= 11 is 6.03. The Bertz CT molecular complexity index is 742. The molecule has 0 aliphatic rings. The van der Waals surface area contributed by atoms with Crippen LogP contribution in [0.2, 0.25) is 5.02 Å². The van der Waals surface area contributed by atoms with Crippen molar-refractivity contribution in [3.05, 3.63) is 64.7 Å². The van der Waals surface area contributed by atoms with Gasteiger partial charge in [0.05, 0.1) is 11.2 Å². The van der Waals surface area contributed by atoms with Crippen molar-refractivity contribution in [2.24, 2.45) is 0 Å². The van der Waals surface area contributed by atoms with Gasteiger partial charge in [-0.2, -0.15) is 0 Å². The molecule has 0 N–H and O–H groups in total. The minimum absolute atomic E-state index is 0.720. The lowest BCUT2D eigenvalue weighted by Gasteiger charge is -2.06. The van der Waals surface area contributed by atoms with Gasteiger partial charge in [-0.3, -0.25) is 0 Å². The molecule has 0 bridgehead atoms. The van der Waals surface area contributed by atoms with Gasteiger partial charge in [0.2, 0.25) is 0 Å². The maximum atomic E-state index is 6.03. The van der Waals surface area contributed by atoms with Crippen LogP contribution < -0.4 is 0 Å². The SMILES string of the molecule is Cc1cc(C)cc(-c2ccc3ccc(Cl)cc3n2)c1. The molecule has 2 heteroatoms. The molecule has 1 nitrogen and oxygen atoms in total. The van der Waals surface area contributed by atoms with Crippen molar-refractivity contribution in [3.8, 4) is 11.3 Å². The van der Waals surface area contributed by atoms with Crippen molar-refractivity contribution in [3.63, 3.8) is 0 Å². The molecule has 19 heavy (non-hydrogen) atoms. The highest BCUT2D eigenvalue weighted by atomic mass is 35.5. The number of aryl methyl sites for hydroxylation is 2. The number of rotatable bonds is 1. The summed E-state index contributed by atoms with van der Waals surface area (Å²) in [7, 11) is 0. The summed E-state index contributed by atoms with van der Waals surface area (Å²) in [5, 5.41) is 1.83. The highest BCUT2D eigenvalue weighted by Gasteiger charge is 2.03. The monoisotopic (exact) mass is 267 g/mol. The second kappa shape index (κ2) is 4.67. The van der Waals surface area contributed by atoms with Gasteiger partial charge in [-0.25, -0.2) is 4.98 Å². The molecule has 2 aromatic carbocycles. The van der Waals surface area contributed by atoms with Crippen LogP contribution in [0.15, 0.2) is 48.5 Å². The molecule has 0 unspecified atom stereocenters. The first-order valence-electron chi connectivity index (χ1n) is 6.27. The number of benzene rings is 2. The zero-order valence-corrected chi connectivity index (χ0v) is 11.7. The molecule has 3 aromatic rings. The first kappa shape index (κ1) is 12.2. The van der Waals surface area contributed by atoms with E-state index >= 15 is 0 Å². The van der Waals surface area contributed by atoms with Crippen molar-refractivity contribution >= 4 is 22.5 Å². The number of hydrogen-bond donors (Lipinski definition) is 0. The molecule has 0 radical (unpaired) electrons. The Hall–Kier alpha value is -1.86. The van der Waals surface area contributed by atoms with E-state index in [1.807, 2.05) is 18.2 Å². The lowest BCUT2D eigenvalue weighted by atomic mass is 10.0. The summed E-state index contributed by atoms with van der Waals surface area (Å²) in [5.74, 6) is 0. The van der Waals surface area contributed by atoms with Gasteiger partial charge in [0, 0.05) is 16.0 Å². The van der Waals surface area contributed by atoms with Gasteiger partial charge in [0.1, 0.15) is 0 Å². The fraction of sp³-hybridized carbons (Fsp3) is 0.118. The Morgan fingerprint density at radius 3 is 2.26 bits per heavy atom. The van der Waals surface area contributed by atoms with Crippen LogP contribution in [0.3, 0.4) is 0 Å². The van der Waals surface area contributed by atoms with Crippen molar-refractivity contribution in [1.82, 2.24) is 4.98 Å². The van der Waals surface area contributed by atoms with Crippen LogP contribution in [-0.2, 0) is 0 Å². The first-order chi connectivity index (χ1) is 9.11. The second-order valence-electron chi connectivity index (χ2n) is 4.91. The van der Waals surface area contributed by atoms with E-state index in [4.69, 9.17) is 16.6 Å². The van der Waals surface area contributed by atoms with E-state index in [0.717, 1.165) is 27.2 Å². The zero-order valence-electron chi connectivity index (χ0n) is 10.9. The largest absolute Gasteiger partial charge is 0.248 e. The molecule has 94 valence electrons. The van der Waals surface area contributed by atoms with Crippen molar-refractivity contribution < 1.29 is 0 Å². The number of pyridine rings is 1. The van der Waals surface area contributed by atoms with Gasteiger partial charge in [0.15, 0.2) is 0 Å². The standard InChI is InChI=1S/C17H14ClN/c1-11-7-12(2)9-14(8-11)16-6-4-13-3-5-15(18)10-17(13)19-16/h3-10H,1-2H3. The lowest BCUT2D eigenvalue weighted by molar-refractivity contribution is 1.34. The average molecular weight is 268 g/mol. The van der Waals surface area contributed by atoms with Crippen LogP contribution in [-0.4, -0.2) is 4.98 Å². The Morgan fingerprint density at radius 1 is 0.842 bits per heavy atom. The molecule has 1 aromatic heterocycles. The van der Waals surface area contributed by atoms with Crippen LogP contribution in [0, 0.1) is 13.8 Å². The van der Waals surface area contributed by atoms with Gasteiger partial charge < -0.3 is 0 Å². The normalized spacial score (nSPS) is 10.9. The summed E-state index contributed by atoms with van der Waals surface area (Å²) < 4.78 is 0. The molecular weight excluding hydrogens is 254 g/mol. The summed E-state index contributed by atoms with van der Waals surface area (Å²) in [6.45, 7) is 4.21. The average Bonchev–Trinajstić information content (AvgIpc) is 2.36. The van der Waals surface area contributed by atoms with Gasteiger partial charge in [-0.1, -0.05) is 40.9 Å². The molecule has 3 rings (SSSR count). The molecular formula is C17H14ClN. The van der Waals surface area contributed by atoms with E-state index in [2.05, 4.69) is 44.2 Å². The number of nitrogens with zero attached hydrogens (tertiary/aromatic N) is 1. The molecule has 1 heterocycles. The molecule has 0 saturated heterocycles. The Kier molecular flexibility index (Phi) is 3.00. The van der Waals surface area contributed by atoms with Crippen LogP contribution in [0.5, 0.6) is 0 Å². The number of aromatic nitrogens is 1. The fourth-order valence-corrected chi connectivity index (χ4v) is 2.54. The molecule has 0 atom stereocenters. The van der Waals surface area contributed by atoms with E-state index in [1.54, 1.807) is 0 Å². The molecule has 0 aliphatic carbocycles. The molecule has 0 saturated carbocycles. The van der Waals surface area contributed by atoms with E-state index < -0.39 is 0 Å². The molecule has 0 fully saturated rings. The van der Waals surface area contributed by atoms with Crippen LogP contribution >= 0.6 is 11.6 Å². The van der Waals surface area contributed by atoms with Crippen LogP contribution in [0.1, 0.15) is 11.1 Å². The van der Waals surface area contributed by atoms with Crippen molar-refractivity contribution in [1.29, 1.82) is 0 Å². The van der Waals surface area contributed by atoms with E-state index in [1.165, 1.54) is 11.1 Å². The van der Waals surface area contributed by atoms with Gasteiger partial charge in [-0.05, 0) is 44.2 Å². The Labute approximate surface area is 117 Å². The third-order valence-electron chi connectivity index (χ3n) is 3.17. The van der Waals surface area contributed by atoms with Gasteiger partial charge >= 0.3 is 0 Å². The summed E-state index contributed by atoms with van der Waals surface area (Å²) in [6, 6.07) is 16.4. The quantitative estimate of drug-likeness (QED) is 0.593. The van der Waals surface area contributed by atoms with E-state index in [0.29, 0.717) is 0 Å². The number of halogens is 1. The van der Waals surface area contributed by atoms with Gasteiger partial charge in [0.25, 0.3) is 0 Å². The fourth-order valence-electron chi connectivity index (χ4n) is 2.37. The first-order valence-corrected chi connectivity index (χ1v) is 6.64. The molecule has 0 aliphatic heterocycles. The third kappa shape index (κ3) is 2.47. The minimum atomic E-state index is 0.720. The van der Waals surface area contributed by atoms with Gasteiger partial charge in [-0.15, -0.1) is 0 Å². The zero-order chi connectivity index (χ0) is 13.4. The van der Waals surface area contributed by atoms with Crippen LogP contribution in [0.25, 0.3) is 22.2 Å². The predicted molar refractivity (Wildman–Crippen MR) is 81.7 cm³/mol. The number of hydrogen-bond acceptors (Lipinski definition) is 1. The van der Waals surface area contributed by atoms with E-state index in [-0.39, 0.29) is 0 Å². The molecule has 0 amide bonds. The van der Waals surface area contributed by atoms with Crippen molar-refractivity contribution in [2.45, 2.75) is 13.8 Å². The van der Waals surface area contributed by atoms with E-state index in [9.17, 15) is 0 Å². The molecule has 0 spiro atoms. The summed E-state index contributed by atoms with van der Waals surface area (Å²) in [4.78, 5) is 4.70. The number of fused-ring (bicyclic) bond motifs is 1. The minimum Gasteiger partial charge on any atom is -0.248 e. The Morgan fingerprint density at radius 2 is 1.53 bits per heavy atom. The third-order valence-corrected chi connectivity index (χ3v) is 3.41. The maximum Gasteiger partial charge on any atom is 0.0724 e. The topological polar surface area (TPSA) is 12.9 Å². The predicted octanol–water partition coefficient (Wildman–Crippen LogP) is 5.17. The highest BCUT2D eigenvalue weighted by Crippen LogP contribution is 2.24. The lowest BCUT2D eigenvalue weighted by Crippen LogP contribution is -1.87. The van der Waals surface area contributed by atoms with Crippen LogP contribution in [0.4, 0.5) is 0 Å². The highest BCUT2D eigenvalue weighted by molar-refractivity contribution is 6.31.